The van der Waals surface area contributed by atoms with E-state index in [9.17, 15) is 8.42 Å². The molecule has 0 spiro atoms. The van der Waals surface area contributed by atoms with Gasteiger partial charge in [0.05, 0.1) is 23.8 Å². The fourth-order valence-corrected chi connectivity index (χ4v) is 4.04. The van der Waals surface area contributed by atoms with Crippen molar-refractivity contribution in [1.82, 2.24) is 14.8 Å². The Kier molecular flexibility index (Phi) is 5.48. The molecule has 0 saturated heterocycles. The van der Waals surface area contributed by atoms with Gasteiger partial charge in [0, 0.05) is 16.1 Å². The van der Waals surface area contributed by atoms with Crippen molar-refractivity contribution >= 4 is 27.4 Å². The van der Waals surface area contributed by atoms with Crippen LogP contribution in [0.5, 0.6) is 0 Å². The average molecular weight is 445 g/mol. The number of aliphatic imine (C=N–C) groups is 1. The highest BCUT2D eigenvalue weighted by Gasteiger charge is 2.29. The third kappa shape index (κ3) is 3.90. The number of benzene rings is 2. The number of halogens is 1. The first-order valence-corrected chi connectivity index (χ1v) is 11.5. The van der Waals surface area contributed by atoms with Crippen LogP contribution in [0.1, 0.15) is 41.3 Å². The van der Waals surface area contributed by atoms with Gasteiger partial charge >= 0.3 is 0 Å². The van der Waals surface area contributed by atoms with E-state index < -0.39 is 16.2 Å². The van der Waals surface area contributed by atoms with Crippen LogP contribution in [0.4, 0.5) is 0 Å². The molecule has 0 fully saturated rings. The first-order chi connectivity index (χ1) is 14.3. The standard InChI is InChI=1S/C21H21ClN4O3S/c1-4-30(27,28)29-12-18-21-25-24-14(3)26(21)19-10-5-13(2)11-17(19)20(23-18)15-6-8-16(22)9-7-15/h5-11,18H,4,12H2,1-3H3/t18-/m0/s1. The molecule has 1 aliphatic heterocycles. The van der Waals surface area contributed by atoms with Gasteiger partial charge < -0.3 is 0 Å². The van der Waals surface area contributed by atoms with Crippen LogP contribution in [0.3, 0.4) is 0 Å². The lowest BCUT2D eigenvalue weighted by atomic mass is 9.98. The summed E-state index contributed by atoms with van der Waals surface area (Å²) >= 11 is 6.08. The van der Waals surface area contributed by atoms with Crippen LogP contribution in [0.25, 0.3) is 5.69 Å². The van der Waals surface area contributed by atoms with Gasteiger partial charge in [-0.25, -0.2) is 0 Å². The molecule has 1 atom stereocenters. The summed E-state index contributed by atoms with van der Waals surface area (Å²) in [5.74, 6) is 1.11. The Morgan fingerprint density at radius 3 is 2.53 bits per heavy atom. The van der Waals surface area contributed by atoms with Gasteiger partial charge in [-0.2, -0.15) is 8.42 Å². The largest absolute Gasteiger partial charge is 0.281 e. The molecule has 7 nitrogen and oxygen atoms in total. The second-order valence-electron chi connectivity index (χ2n) is 7.09. The Bertz CT molecular complexity index is 1230. The number of fused-ring (bicyclic) bond motifs is 3. The maximum Gasteiger partial charge on any atom is 0.267 e. The normalized spacial score (nSPS) is 15.9. The molecular formula is C21H21ClN4O3S. The van der Waals surface area contributed by atoms with E-state index in [1.807, 2.05) is 42.7 Å². The number of aryl methyl sites for hydroxylation is 2. The third-order valence-corrected chi connectivity index (χ3v) is 6.41. The van der Waals surface area contributed by atoms with Crippen molar-refractivity contribution in [2.45, 2.75) is 26.8 Å². The predicted molar refractivity (Wildman–Crippen MR) is 116 cm³/mol. The first-order valence-electron chi connectivity index (χ1n) is 9.53. The van der Waals surface area contributed by atoms with Gasteiger partial charge in [0.25, 0.3) is 10.1 Å². The van der Waals surface area contributed by atoms with Crippen molar-refractivity contribution in [1.29, 1.82) is 0 Å². The van der Waals surface area contributed by atoms with E-state index in [1.54, 1.807) is 12.1 Å². The van der Waals surface area contributed by atoms with E-state index in [0.717, 1.165) is 28.1 Å². The second-order valence-corrected chi connectivity index (χ2v) is 9.46. The second kappa shape index (κ2) is 7.94. The number of hydrogen-bond acceptors (Lipinski definition) is 6. The number of rotatable bonds is 5. The van der Waals surface area contributed by atoms with E-state index in [2.05, 4.69) is 16.3 Å². The number of nitrogens with zero attached hydrogens (tertiary/aromatic N) is 4. The monoisotopic (exact) mass is 444 g/mol. The molecule has 4 rings (SSSR count). The minimum absolute atomic E-state index is 0.112. The Morgan fingerprint density at radius 2 is 1.83 bits per heavy atom. The lowest BCUT2D eigenvalue weighted by Gasteiger charge is -2.13. The molecule has 0 amide bonds. The Balaban J connectivity index is 1.93. The molecule has 2 heterocycles. The van der Waals surface area contributed by atoms with Crippen LogP contribution < -0.4 is 0 Å². The fourth-order valence-electron chi connectivity index (χ4n) is 3.41. The van der Waals surface area contributed by atoms with Gasteiger partial charge in [-0.15, -0.1) is 10.2 Å². The molecule has 0 unspecified atom stereocenters. The number of aromatic nitrogens is 3. The quantitative estimate of drug-likeness (QED) is 0.558. The summed E-state index contributed by atoms with van der Waals surface area (Å²) in [5.41, 5.74) is 4.45. The van der Waals surface area contributed by atoms with Gasteiger partial charge in [0.2, 0.25) is 0 Å². The van der Waals surface area contributed by atoms with Crippen LogP contribution in [-0.4, -0.2) is 41.3 Å². The summed E-state index contributed by atoms with van der Waals surface area (Å²) < 4.78 is 31.1. The molecule has 3 aromatic rings. The van der Waals surface area contributed by atoms with E-state index in [4.69, 9.17) is 20.8 Å². The van der Waals surface area contributed by atoms with Crippen molar-refractivity contribution in [3.8, 4) is 5.69 Å². The van der Waals surface area contributed by atoms with Crippen molar-refractivity contribution < 1.29 is 12.6 Å². The van der Waals surface area contributed by atoms with Crippen LogP contribution in [0.2, 0.25) is 5.02 Å². The molecule has 0 bridgehead atoms. The van der Waals surface area contributed by atoms with E-state index in [1.165, 1.54) is 6.92 Å². The Morgan fingerprint density at radius 1 is 1.10 bits per heavy atom. The summed E-state index contributed by atoms with van der Waals surface area (Å²) in [5, 5.41) is 9.13. The van der Waals surface area contributed by atoms with E-state index in [0.29, 0.717) is 16.7 Å². The van der Waals surface area contributed by atoms with E-state index in [-0.39, 0.29) is 12.4 Å². The number of hydrogen-bond donors (Lipinski definition) is 0. The van der Waals surface area contributed by atoms with Crippen molar-refractivity contribution in [2.24, 2.45) is 4.99 Å². The molecule has 0 N–H and O–H groups in total. The smallest absolute Gasteiger partial charge is 0.267 e. The third-order valence-electron chi connectivity index (χ3n) is 4.96. The zero-order chi connectivity index (χ0) is 21.5. The first kappa shape index (κ1) is 20.7. The summed E-state index contributed by atoms with van der Waals surface area (Å²) in [6.45, 7) is 5.25. The minimum atomic E-state index is -3.63. The highest BCUT2D eigenvalue weighted by atomic mass is 35.5. The zero-order valence-electron chi connectivity index (χ0n) is 16.8. The average Bonchev–Trinajstić information content (AvgIpc) is 3.04. The fraction of sp³-hybridized carbons (Fsp3) is 0.286. The SMILES string of the molecule is CCS(=O)(=O)OC[C@@H]1N=C(c2ccc(Cl)cc2)c2cc(C)ccc2-n2c(C)nnc21. The van der Waals surface area contributed by atoms with Crippen LogP contribution in [0.15, 0.2) is 47.5 Å². The van der Waals surface area contributed by atoms with Crippen molar-refractivity contribution in [3.05, 3.63) is 75.8 Å². The molecule has 156 valence electrons. The van der Waals surface area contributed by atoms with Crippen LogP contribution in [0, 0.1) is 13.8 Å². The minimum Gasteiger partial charge on any atom is -0.281 e. The maximum atomic E-state index is 12.0. The van der Waals surface area contributed by atoms with E-state index >= 15 is 0 Å². The molecule has 30 heavy (non-hydrogen) atoms. The summed E-state index contributed by atoms with van der Waals surface area (Å²) in [7, 11) is -3.63. The molecule has 0 aliphatic carbocycles. The Labute approximate surface area is 180 Å². The van der Waals surface area contributed by atoms with Crippen molar-refractivity contribution in [2.75, 3.05) is 12.4 Å². The van der Waals surface area contributed by atoms with Crippen LogP contribution >= 0.6 is 11.6 Å². The zero-order valence-corrected chi connectivity index (χ0v) is 18.4. The van der Waals surface area contributed by atoms with Gasteiger partial charge in [-0.3, -0.25) is 13.7 Å². The lowest BCUT2D eigenvalue weighted by molar-refractivity contribution is 0.290. The predicted octanol–water partition coefficient (Wildman–Crippen LogP) is 3.80. The molecular weight excluding hydrogens is 424 g/mol. The van der Waals surface area contributed by atoms with Gasteiger partial charge in [-0.1, -0.05) is 35.4 Å². The van der Waals surface area contributed by atoms with Crippen LogP contribution in [-0.2, 0) is 14.3 Å². The highest BCUT2D eigenvalue weighted by Crippen LogP contribution is 2.32. The topological polar surface area (TPSA) is 86.4 Å². The summed E-state index contributed by atoms with van der Waals surface area (Å²) in [6.07, 6.45) is 0. The van der Waals surface area contributed by atoms with Gasteiger partial charge in [0.15, 0.2) is 5.82 Å². The molecule has 1 aromatic heterocycles. The molecule has 1 aliphatic rings. The maximum absolute atomic E-state index is 12.0. The van der Waals surface area contributed by atoms with Gasteiger partial charge in [0.1, 0.15) is 11.9 Å². The highest BCUT2D eigenvalue weighted by molar-refractivity contribution is 7.86. The van der Waals surface area contributed by atoms with Gasteiger partial charge in [-0.05, 0) is 45.0 Å². The molecule has 0 radical (unpaired) electrons. The molecule has 9 heteroatoms. The summed E-state index contributed by atoms with van der Waals surface area (Å²) in [6, 6.07) is 12.8. The van der Waals surface area contributed by atoms with Crippen molar-refractivity contribution in [3.63, 3.8) is 0 Å². The summed E-state index contributed by atoms with van der Waals surface area (Å²) in [4.78, 5) is 4.91. The lowest BCUT2D eigenvalue weighted by Crippen LogP contribution is -2.16. The molecule has 2 aromatic carbocycles. The molecule has 0 saturated carbocycles. The Hall–Kier alpha value is -2.55.